The number of ether oxygens (including phenoxy) is 3. The molecular weight excluding hydrogens is 552 g/mol. The van der Waals surface area contributed by atoms with Crippen LogP contribution in [-0.2, 0) is 31.0 Å². The summed E-state index contributed by atoms with van der Waals surface area (Å²) in [6.45, 7) is 15.9. The Bertz CT molecular complexity index is 1190. The van der Waals surface area contributed by atoms with Crippen LogP contribution in [0.25, 0.3) is 0 Å². The highest BCUT2D eigenvalue weighted by Gasteiger charge is 2.47. The summed E-state index contributed by atoms with van der Waals surface area (Å²) in [4.78, 5) is 33.8. The number of nitrogens with zero attached hydrogens (tertiary/aromatic N) is 2. The number of amidine groups is 1. The maximum Gasteiger partial charge on any atom is 0.331 e. The van der Waals surface area contributed by atoms with Gasteiger partial charge in [-0.25, -0.2) is 4.99 Å². The predicted octanol–water partition coefficient (Wildman–Crippen LogP) is 8.90. The fraction of sp³-hybridized carbons (Fsp3) is 0.595. The number of carbonyl (C=O) groups excluding carboxylic acids is 2. The Morgan fingerprint density at radius 3 is 1.95 bits per heavy atom. The first-order valence-electron chi connectivity index (χ1n) is 16.5. The zero-order valence-electron chi connectivity index (χ0n) is 28.1. The smallest absolute Gasteiger partial charge is 0.331 e. The van der Waals surface area contributed by atoms with Crippen LogP contribution in [0.2, 0.25) is 0 Å². The van der Waals surface area contributed by atoms with E-state index >= 15 is 0 Å². The second-order valence-corrected chi connectivity index (χ2v) is 13.3. The Morgan fingerprint density at radius 1 is 0.818 bits per heavy atom. The number of benzene rings is 2. The third kappa shape index (κ3) is 11.0. The highest BCUT2D eigenvalue weighted by molar-refractivity contribution is 6.17. The minimum absolute atomic E-state index is 0.0396. The van der Waals surface area contributed by atoms with E-state index in [-0.39, 0.29) is 5.41 Å². The van der Waals surface area contributed by atoms with Gasteiger partial charge in [0, 0.05) is 26.9 Å². The minimum Gasteiger partial charge on any atom is -0.494 e. The predicted molar refractivity (Wildman–Crippen MR) is 177 cm³/mol. The molecule has 1 saturated heterocycles. The lowest BCUT2D eigenvalue weighted by Crippen LogP contribution is -2.52. The van der Waals surface area contributed by atoms with Crippen LogP contribution in [0.15, 0.2) is 53.5 Å². The number of rotatable bonds is 16. The molecule has 7 heteroatoms. The monoisotopic (exact) mass is 606 g/mol. The molecule has 3 rings (SSSR count). The molecule has 0 unspecified atom stereocenters. The molecule has 0 aliphatic carbocycles. The van der Waals surface area contributed by atoms with Gasteiger partial charge in [0.2, 0.25) is 5.92 Å². The second-order valence-electron chi connectivity index (χ2n) is 13.3. The number of carbonyl (C=O) groups is 2. The summed E-state index contributed by atoms with van der Waals surface area (Å²) in [5.74, 6) is -2.76. The number of unbranched alkanes of at least 4 members (excludes halogenated alkanes) is 7. The van der Waals surface area contributed by atoms with E-state index < -0.39 is 23.6 Å². The van der Waals surface area contributed by atoms with Gasteiger partial charge < -0.3 is 19.1 Å². The van der Waals surface area contributed by atoms with Gasteiger partial charge in [-0.05, 0) is 53.6 Å². The first kappa shape index (κ1) is 35.1. The summed E-state index contributed by atoms with van der Waals surface area (Å²) >= 11 is 0. The first-order chi connectivity index (χ1) is 20.9. The van der Waals surface area contributed by atoms with Crippen LogP contribution in [0, 0.1) is 5.92 Å². The molecule has 0 spiro atoms. The molecule has 0 bridgehead atoms. The van der Waals surface area contributed by atoms with Crippen molar-refractivity contribution >= 4 is 23.5 Å². The summed E-state index contributed by atoms with van der Waals surface area (Å²) in [6.07, 6.45) is 10.0. The van der Waals surface area contributed by atoms with E-state index in [0.717, 1.165) is 49.8 Å². The Labute approximate surface area is 265 Å². The van der Waals surface area contributed by atoms with Crippen molar-refractivity contribution in [3.8, 4) is 5.75 Å². The van der Waals surface area contributed by atoms with Crippen molar-refractivity contribution in [2.75, 3.05) is 13.2 Å². The van der Waals surface area contributed by atoms with Crippen LogP contribution in [0.1, 0.15) is 117 Å². The average Bonchev–Trinajstić information content (AvgIpc) is 2.95. The van der Waals surface area contributed by atoms with Crippen molar-refractivity contribution in [1.29, 1.82) is 0 Å². The largest absolute Gasteiger partial charge is 0.494 e. The molecule has 2 aromatic carbocycles. The lowest BCUT2D eigenvalue weighted by atomic mass is 9.86. The number of hydrogen-bond donors (Lipinski definition) is 0. The van der Waals surface area contributed by atoms with E-state index in [0.29, 0.717) is 31.2 Å². The lowest BCUT2D eigenvalue weighted by molar-refractivity contribution is -0.236. The molecule has 1 aliphatic rings. The van der Waals surface area contributed by atoms with Crippen LogP contribution in [0.5, 0.6) is 5.75 Å². The number of cyclic esters (lactones) is 2. The SMILES string of the molecule is CCCCCCCN(Cc1ccc(C(C)(C)C)cc1)C(=Nc1ccc(OCCCCCC)cc1)C1C(=O)OC(C)(C)OC1=O. The summed E-state index contributed by atoms with van der Waals surface area (Å²) in [5, 5.41) is 0. The van der Waals surface area contributed by atoms with Gasteiger partial charge in [-0.15, -0.1) is 0 Å². The zero-order chi connectivity index (χ0) is 32.2. The molecule has 0 atom stereocenters. The third-order valence-electron chi connectivity index (χ3n) is 7.82. The van der Waals surface area contributed by atoms with Crippen LogP contribution < -0.4 is 4.74 Å². The van der Waals surface area contributed by atoms with Crippen molar-refractivity contribution in [1.82, 2.24) is 4.90 Å². The number of hydrogen-bond acceptors (Lipinski definition) is 6. The second kappa shape index (κ2) is 16.6. The Balaban J connectivity index is 1.95. The molecule has 7 nitrogen and oxygen atoms in total. The standard InChI is InChI=1S/C37H54N2O5/c1-8-10-12-14-15-25-39(27-28-17-19-29(20-18-28)36(3,4)5)33(32-34(40)43-37(6,7)44-35(32)41)38-30-21-23-31(24-22-30)42-26-16-13-11-9-2/h17-24,32H,8-16,25-27H2,1-7H3. The lowest BCUT2D eigenvalue weighted by Gasteiger charge is -2.36. The van der Waals surface area contributed by atoms with Crippen LogP contribution in [-0.4, -0.2) is 41.6 Å². The van der Waals surface area contributed by atoms with E-state index in [1.54, 1.807) is 13.8 Å². The Hall–Kier alpha value is -3.35. The molecule has 242 valence electrons. The molecule has 0 N–H and O–H groups in total. The summed E-state index contributed by atoms with van der Waals surface area (Å²) < 4.78 is 17.1. The molecular formula is C37H54N2O5. The Morgan fingerprint density at radius 2 is 1.39 bits per heavy atom. The van der Waals surface area contributed by atoms with E-state index in [1.165, 1.54) is 24.8 Å². The summed E-state index contributed by atoms with van der Waals surface area (Å²) in [7, 11) is 0. The minimum atomic E-state index is -1.32. The molecule has 44 heavy (non-hydrogen) atoms. The highest BCUT2D eigenvalue weighted by Crippen LogP contribution is 2.29. The van der Waals surface area contributed by atoms with Crippen molar-refractivity contribution in [2.24, 2.45) is 10.9 Å². The molecule has 1 heterocycles. The zero-order valence-corrected chi connectivity index (χ0v) is 28.1. The topological polar surface area (TPSA) is 77.4 Å². The molecule has 0 saturated carbocycles. The maximum atomic E-state index is 13.4. The van der Waals surface area contributed by atoms with Gasteiger partial charge in [-0.3, -0.25) is 9.59 Å². The highest BCUT2D eigenvalue weighted by atomic mass is 16.7. The van der Waals surface area contributed by atoms with Crippen molar-refractivity contribution in [3.63, 3.8) is 0 Å². The van der Waals surface area contributed by atoms with Crippen LogP contribution in [0.3, 0.4) is 0 Å². The van der Waals surface area contributed by atoms with Gasteiger partial charge in [0.1, 0.15) is 11.6 Å². The van der Waals surface area contributed by atoms with Gasteiger partial charge in [-0.2, -0.15) is 0 Å². The van der Waals surface area contributed by atoms with E-state index in [2.05, 4.69) is 63.8 Å². The van der Waals surface area contributed by atoms with Gasteiger partial charge in [-0.1, -0.05) is 104 Å². The number of aliphatic imine (C=N–C) groups is 1. The molecule has 2 aromatic rings. The Kier molecular flexibility index (Phi) is 13.3. The molecule has 0 radical (unpaired) electrons. The average molecular weight is 607 g/mol. The van der Waals surface area contributed by atoms with Gasteiger partial charge in [0.05, 0.1) is 12.3 Å². The van der Waals surface area contributed by atoms with Crippen LogP contribution in [0.4, 0.5) is 5.69 Å². The van der Waals surface area contributed by atoms with Gasteiger partial charge in [0.25, 0.3) is 5.79 Å². The molecule has 0 aromatic heterocycles. The maximum absolute atomic E-state index is 13.4. The van der Waals surface area contributed by atoms with Crippen LogP contribution >= 0.6 is 0 Å². The van der Waals surface area contributed by atoms with Gasteiger partial charge in [0.15, 0.2) is 0 Å². The van der Waals surface area contributed by atoms with Crippen molar-refractivity contribution in [2.45, 2.75) is 124 Å². The quantitative estimate of drug-likeness (QED) is 0.0624. The molecule has 1 aliphatic heterocycles. The fourth-order valence-electron chi connectivity index (χ4n) is 5.23. The molecule has 1 fully saturated rings. The third-order valence-corrected chi connectivity index (χ3v) is 7.82. The van der Waals surface area contributed by atoms with E-state index in [9.17, 15) is 9.59 Å². The van der Waals surface area contributed by atoms with Gasteiger partial charge >= 0.3 is 11.9 Å². The normalized spacial score (nSPS) is 15.6. The first-order valence-corrected chi connectivity index (χ1v) is 16.5. The van der Waals surface area contributed by atoms with Crippen molar-refractivity contribution < 1.29 is 23.8 Å². The number of esters is 2. The van der Waals surface area contributed by atoms with E-state index in [1.807, 2.05) is 24.3 Å². The van der Waals surface area contributed by atoms with E-state index in [4.69, 9.17) is 19.2 Å². The summed E-state index contributed by atoms with van der Waals surface area (Å²) in [5.41, 5.74) is 2.99. The van der Waals surface area contributed by atoms with Crippen molar-refractivity contribution in [3.05, 3.63) is 59.7 Å². The fourth-order valence-corrected chi connectivity index (χ4v) is 5.23. The summed E-state index contributed by atoms with van der Waals surface area (Å²) in [6, 6.07) is 16.0. The molecule has 0 amide bonds.